The summed E-state index contributed by atoms with van der Waals surface area (Å²) in [4.78, 5) is 17.4. The van der Waals surface area contributed by atoms with Gasteiger partial charge in [0.25, 0.3) is 5.91 Å². The Bertz CT molecular complexity index is 997. The number of amides is 1. The molecule has 0 bridgehead atoms. The van der Waals surface area contributed by atoms with Crippen LogP contribution >= 0.6 is 0 Å². The van der Waals surface area contributed by atoms with Crippen molar-refractivity contribution in [2.24, 2.45) is 0 Å². The van der Waals surface area contributed by atoms with Crippen molar-refractivity contribution in [3.05, 3.63) is 95.6 Å². The summed E-state index contributed by atoms with van der Waals surface area (Å²) in [5.41, 5.74) is 4.33. The molecule has 0 aromatic heterocycles. The highest BCUT2D eigenvalue weighted by molar-refractivity contribution is 5.94. The van der Waals surface area contributed by atoms with Gasteiger partial charge in [0.1, 0.15) is 5.75 Å². The Hall–Kier alpha value is -3.31. The van der Waals surface area contributed by atoms with Gasteiger partial charge >= 0.3 is 0 Å². The number of carbonyl (C=O) groups is 1. The van der Waals surface area contributed by atoms with E-state index in [1.165, 1.54) is 11.3 Å². The molecule has 1 aliphatic rings. The molecule has 5 nitrogen and oxygen atoms in total. The second kappa shape index (κ2) is 10.8. The van der Waals surface area contributed by atoms with Crippen molar-refractivity contribution >= 4 is 11.6 Å². The number of piperazine rings is 1. The summed E-state index contributed by atoms with van der Waals surface area (Å²) in [5.74, 6) is 0.818. The van der Waals surface area contributed by atoms with Crippen molar-refractivity contribution in [2.75, 3.05) is 44.7 Å². The van der Waals surface area contributed by atoms with E-state index in [4.69, 9.17) is 4.74 Å². The SMILES string of the molecule is COc1ccccc1CCNC(=O)c1ccc(CN2CCN(c3ccccc3)CC2)cc1. The zero-order chi connectivity index (χ0) is 22.2. The van der Waals surface area contributed by atoms with Crippen LogP contribution in [0.4, 0.5) is 5.69 Å². The van der Waals surface area contributed by atoms with E-state index in [2.05, 4.69) is 57.6 Å². The van der Waals surface area contributed by atoms with Crippen molar-refractivity contribution in [3.63, 3.8) is 0 Å². The first-order valence-corrected chi connectivity index (χ1v) is 11.2. The number of benzene rings is 3. The number of anilines is 1. The predicted octanol–water partition coefficient (Wildman–Crippen LogP) is 3.99. The average Bonchev–Trinajstić information content (AvgIpc) is 2.86. The molecule has 1 N–H and O–H groups in total. The minimum Gasteiger partial charge on any atom is -0.496 e. The molecule has 5 heteroatoms. The summed E-state index contributed by atoms with van der Waals surface area (Å²) in [6.07, 6.45) is 0.739. The highest BCUT2D eigenvalue weighted by atomic mass is 16.5. The first kappa shape index (κ1) is 21.9. The van der Waals surface area contributed by atoms with Crippen LogP contribution in [0.15, 0.2) is 78.9 Å². The van der Waals surface area contributed by atoms with Crippen LogP contribution < -0.4 is 15.0 Å². The molecule has 0 aliphatic carbocycles. The number of ether oxygens (including phenoxy) is 1. The van der Waals surface area contributed by atoms with Crippen LogP contribution in [0, 0.1) is 0 Å². The van der Waals surface area contributed by atoms with E-state index >= 15 is 0 Å². The molecule has 3 aromatic rings. The van der Waals surface area contributed by atoms with Crippen molar-refractivity contribution < 1.29 is 9.53 Å². The van der Waals surface area contributed by atoms with Crippen molar-refractivity contribution in [1.29, 1.82) is 0 Å². The molecule has 0 unspecified atom stereocenters. The number of nitrogens with one attached hydrogen (secondary N) is 1. The average molecular weight is 430 g/mol. The molecule has 0 radical (unpaired) electrons. The molecule has 3 aromatic carbocycles. The van der Waals surface area contributed by atoms with Crippen LogP contribution in [0.5, 0.6) is 5.75 Å². The molecule has 0 spiro atoms. The maximum absolute atomic E-state index is 12.5. The lowest BCUT2D eigenvalue weighted by Crippen LogP contribution is -2.45. The Labute approximate surface area is 190 Å². The number of nitrogens with zero attached hydrogens (tertiary/aromatic N) is 2. The smallest absolute Gasteiger partial charge is 0.251 e. The number of carbonyl (C=O) groups excluding carboxylic acids is 1. The summed E-state index contributed by atoms with van der Waals surface area (Å²) in [7, 11) is 1.67. The summed E-state index contributed by atoms with van der Waals surface area (Å²) in [6, 6.07) is 26.5. The van der Waals surface area contributed by atoms with E-state index < -0.39 is 0 Å². The van der Waals surface area contributed by atoms with Gasteiger partial charge in [-0.2, -0.15) is 0 Å². The van der Waals surface area contributed by atoms with E-state index in [9.17, 15) is 4.79 Å². The molecule has 4 rings (SSSR count). The molecule has 1 saturated heterocycles. The van der Waals surface area contributed by atoms with Gasteiger partial charge in [0, 0.05) is 50.5 Å². The number of rotatable bonds is 8. The quantitative estimate of drug-likeness (QED) is 0.588. The van der Waals surface area contributed by atoms with Gasteiger partial charge in [-0.1, -0.05) is 48.5 Å². The summed E-state index contributed by atoms with van der Waals surface area (Å²) >= 11 is 0. The van der Waals surface area contributed by atoms with Crippen molar-refractivity contribution in [1.82, 2.24) is 10.2 Å². The van der Waals surface area contributed by atoms with Gasteiger partial charge in [0.05, 0.1) is 7.11 Å². The van der Waals surface area contributed by atoms with Gasteiger partial charge in [0.2, 0.25) is 0 Å². The van der Waals surface area contributed by atoms with Crippen LogP contribution in [0.3, 0.4) is 0 Å². The lowest BCUT2D eigenvalue weighted by molar-refractivity contribution is 0.0954. The molecule has 32 heavy (non-hydrogen) atoms. The fourth-order valence-electron chi connectivity index (χ4n) is 4.14. The Kier molecular flexibility index (Phi) is 7.41. The number of hydrogen-bond donors (Lipinski definition) is 1. The summed E-state index contributed by atoms with van der Waals surface area (Å²) < 4.78 is 5.37. The molecular formula is C27H31N3O2. The Morgan fingerprint density at radius 1 is 0.875 bits per heavy atom. The third-order valence-corrected chi connectivity index (χ3v) is 5.99. The third kappa shape index (κ3) is 5.68. The standard InChI is InChI=1S/C27H31N3O2/c1-32-26-10-6-5-7-23(26)15-16-28-27(31)24-13-11-22(12-14-24)21-29-17-19-30(20-18-29)25-8-3-2-4-9-25/h2-14H,15-21H2,1H3,(H,28,31). The molecule has 0 atom stereocenters. The fourth-order valence-corrected chi connectivity index (χ4v) is 4.14. The maximum Gasteiger partial charge on any atom is 0.251 e. The van der Waals surface area contributed by atoms with Crippen LogP contribution in [-0.4, -0.2) is 50.6 Å². The first-order valence-electron chi connectivity index (χ1n) is 11.2. The predicted molar refractivity (Wildman–Crippen MR) is 129 cm³/mol. The van der Waals surface area contributed by atoms with Gasteiger partial charge in [-0.15, -0.1) is 0 Å². The first-order chi connectivity index (χ1) is 15.7. The van der Waals surface area contributed by atoms with Gasteiger partial charge in [-0.3, -0.25) is 9.69 Å². The maximum atomic E-state index is 12.5. The largest absolute Gasteiger partial charge is 0.496 e. The normalized spacial score (nSPS) is 14.2. The van der Waals surface area contributed by atoms with Gasteiger partial charge in [-0.05, 0) is 47.9 Å². The highest BCUT2D eigenvalue weighted by Gasteiger charge is 2.17. The van der Waals surface area contributed by atoms with Gasteiger partial charge in [-0.25, -0.2) is 0 Å². The molecule has 1 amide bonds. The molecular weight excluding hydrogens is 398 g/mol. The lowest BCUT2D eigenvalue weighted by Gasteiger charge is -2.36. The highest BCUT2D eigenvalue weighted by Crippen LogP contribution is 2.18. The molecule has 0 saturated carbocycles. The van der Waals surface area contributed by atoms with Crippen LogP contribution in [-0.2, 0) is 13.0 Å². The van der Waals surface area contributed by atoms with E-state index in [0.717, 1.165) is 50.5 Å². The minimum absolute atomic E-state index is 0.0390. The minimum atomic E-state index is -0.0390. The summed E-state index contributed by atoms with van der Waals surface area (Å²) in [6.45, 7) is 5.65. The van der Waals surface area contributed by atoms with E-state index in [1.54, 1.807) is 7.11 Å². The van der Waals surface area contributed by atoms with E-state index in [1.807, 2.05) is 36.4 Å². The van der Waals surface area contributed by atoms with E-state index in [-0.39, 0.29) is 5.91 Å². The van der Waals surface area contributed by atoms with Gasteiger partial charge in [0.15, 0.2) is 0 Å². The zero-order valence-corrected chi connectivity index (χ0v) is 18.7. The van der Waals surface area contributed by atoms with Gasteiger partial charge < -0.3 is 15.0 Å². The van der Waals surface area contributed by atoms with Crippen LogP contribution in [0.25, 0.3) is 0 Å². The monoisotopic (exact) mass is 429 g/mol. The molecule has 1 heterocycles. The summed E-state index contributed by atoms with van der Waals surface area (Å²) in [5, 5.41) is 3.01. The topological polar surface area (TPSA) is 44.8 Å². The third-order valence-electron chi connectivity index (χ3n) is 5.99. The zero-order valence-electron chi connectivity index (χ0n) is 18.7. The Morgan fingerprint density at radius 2 is 1.56 bits per heavy atom. The molecule has 1 fully saturated rings. The number of hydrogen-bond acceptors (Lipinski definition) is 4. The second-order valence-electron chi connectivity index (χ2n) is 8.11. The van der Waals surface area contributed by atoms with Crippen molar-refractivity contribution in [2.45, 2.75) is 13.0 Å². The second-order valence-corrected chi connectivity index (χ2v) is 8.11. The van der Waals surface area contributed by atoms with Crippen LogP contribution in [0.2, 0.25) is 0 Å². The van der Waals surface area contributed by atoms with Crippen LogP contribution in [0.1, 0.15) is 21.5 Å². The van der Waals surface area contributed by atoms with E-state index in [0.29, 0.717) is 12.1 Å². The van der Waals surface area contributed by atoms with Crippen molar-refractivity contribution in [3.8, 4) is 5.75 Å². The number of methoxy groups -OCH3 is 1. The Morgan fingerprint density at radius 3 is 2.28 bits per heavy atom. The Balaban J connectivity index is 1.23. The number of para-hydroxylation sites is 2. The lowest BCUT2D eigenvalue weighted by atomic mass is 10.1. The molecule has 1 aliphatic heterocycles. The fraction of sp³-hybridized carbons (Fsp3) is 0.296. The molecule has 166 valence electrons.